The number of carbonyl (C=O) groups excluding carboxylic acids is 3. The van der Waals surface area contributed by atoms with Crippen LogP contribution in [-0.2, 0) is 14.4 Å². The van der Waals surface area contributed by atoms with Gasteiger partial charge in [0.15, 0.2) is 0 Å². The van der Waals surface area contributed by atoms with Crippen LogP contribution in [-0.4, -0.2) is 22.6 Å². The summed E-state index contributed by atoms with van der Waals surface area (Å²) in [4.78, 5) is 41.2. The van der Waals surface area contributed by atoms with Crippen LogP contribution < -0.4 is 11.2 Å². The van der Waals surface area contributed by atoms with Gasteiger partial charge in [-0.1, -0.05) is 6.92 Å². The van der Waals surface area contributed by atoms with Crippen LogP contribution in [0.25, 0.3) is 0 Å². The van der Waals surface area contributed by atoms with Crippen molar-refractivity contribution in [3.63, 3.8) is 0 Å². The number of pyridine rings is 1. The standard InChI is InChI=1S/C10H11N3O4/c1-2-8(14)10(16)17-13-7-5-12-4-3-6(7)9(11)15/h3-5,13H,2H2,1H3,(H2,11,15). The van der Waals surface area contributed by atoms with Crippen LogP contribution in [0.3, 0.4) is 0 Å². The van der Waals surface area contributed by atoms with Crippen LogP contribution in [0.1, 0.15) is 23.7 Å². The normalized spacial score (nSPS) is 9.47. The number of primary amides is 1. The molecule has 0 aliphatic carbocycles. The molecule has 0 spiro atoms. The number of anilines is 1. The highest BCUT2D eigenvalue weighted by molar-refractivity contribution is 6.33. The van der Waals surface area contributed by atoms with Crippen molar-refractivity contribution in [3.8, 4) is 0 Å². The molecule has 7 heteroatoms. The monoisotopic (exact) mass is 237 g/mol. The van der Waals surface area contributed by atoms with Gasteiger partial charge in [-0.3, -0.25) is 14.6 Å². The molecule has 1 aromatic heterocycles. The highest BCUT2D eigenvalue weighted by Crippen LogP contribution is 2.12. The lowest BCUT2D eigenvalue weighted by Gasteiger charge is -2.07. The average Bonchev–Trinajstić information content (AvgIpc) is 2.35. The van der Waals surface area contributed by atoms with E-state index in [9.17, 15) is 14.4 Å². The van der Waals surface area contributed by atoms with E-state index in [0.29, 0.717) is 0 Å². The van der Waals surface area contributed by atoms with E-state index in [-0.39, 0.29) is 17.7 Å². The maximum Gasteiger partial charge on any atom is 0.398 e. The highest BCUT2D eigenvalue weighted by atomic mass is 16.7. The van der Waals surface area contributed by atoms with Crippen molar-refractivity contribution in [3.05, 3.63) is 24.0 Å². The minimum absolute atomic E-state index is 0.0379. The summed E-state index contributed by atoms with van der Waals surface area (Å²) < 4.78 is 0. The van der Waals surface area contributed by atoms with Crippen molar-refractivity contribution >= 4 is 23.3 Å². The van der Waals surface area contributed by atoms with E-state index in [1.165, 1.54) is 25.4 Å². The van der Waals surface area contributed by atoms with Crippen LogP contribution in [0.2, 0.25) is 0 Å². The largest absolute Gasteiger partial charge is 0.398 e. The van der Waals surface area contributed by atoms with Gasteiger partial charge >= 0.3 is 5.97 Å². The summed E-state index contributed by atoms with van der Waals surface area (Å²) in [5.41, 5.74) is 7.50. The molecular formula is C10H11N3O4. The molecule has 17 heavy (non-hydrogen) atoms. The molecular weight excluding hydrogens is 226 g/mol. The van der Waals surface area contributed by atoms with Gasteiger partial charge in [0.2, 0.25) is 5.78 Å². The summed E-state index contributed by atoms with van der Waals surface area (Å²) in [6.45, 7) is 1.53. The fourth-order valence-electron chi connectivity index (χ4n) is 0.993. The Morgan fingerprint density at radius 1 is 1.47 bits per heavy atom. The molecule has 0 saturated heterocycles. The Morgan fingerprint density at radius 2 is 2.18 bits per heavy atom. The minimum Gasteiger partial charge on any atom is -0.366 e. The smallest absolute Gasteiger partial charge is 0.366 e. The van der Waals surface area contributed by atoms with Gasteiger partial charge in [-0.2, -0.15) is 0 Å². The predicted molar refractivity (Wildman–Crippen MR) is 57.8 cm³/mol. The van der Waals surface area contributed by atoms with Gasteiger partial charge in [0.25, 0.3) is 5.91 Å². The molecule has 1 amide bonds. The zero-order chi connectivity index (χ0) is 12.8. The molecule has 1 aromatic rings. The predicted octanol–water partition coefficient (Wildman–Crippen LogP) is 0.0297. The van der Waals surface area contributed by atoms with Gasteiger partial charge in [-0.15, -0.1) is 0 Å². The molecule has 1 heterocycles. The fraction of sp³-hybridized carbons (Fsp3) is 0.200. The molecule has 90 valence electrons. The topological polar surface area (TPSA) is 111 Å². The number of nitrogens with zero attached hydrogens (tertiary/aromatic N) is 1. The minimum atomic E-state index is -1.04. The van der Waals surface area contributed by atoms with Crippen LogP contribution in [0.15, 0.2) is 18.5 Å². The Balaban J connectivity index is 2.73. The number of aromatic nitrogens is 1. The van der Waals surface area contributed by atoms with E-state index in [1.807, 2.05) is 0 Å². The van der Waals surface area contributed by atoms with E-state index in [2.05, 4.69) is 15.3 Å². The third-order valence-corrected chi connectivity index (χ3v) is 1.89. The van der Waals surface area contributed by atoms with Crippen LogP contribution >= 0.6 is 0 Å². The van der Waals surface area contributed by atoms with Gasteiger partial charge in [-0.05, 0) is 6.07 Å². The summed E-state index contributed by atoms with van der Waals surface area (Å²) in [5.74, 6) is -2.42. The SMILES string of the molecule is CCC(=O)C(=O)ONc1cnccc1C(N)=O. The van der Waals surface area contributed by atoms with Crippen molar-refractivity contribution in [2.24, 2.45) is 5.73 Å². The van der Waals surface area contributed by atoms with Crippen molar-refractivity contribution in [2.45, 2.75) is 13.3 Å². The molecule has 1 rings (SSSR count). The zero-order valence-electron chi connectivity index (χ0n) is 9.10. The number of amides is 1. The van der Waals surface area contributed by atoms with Gasteiger partial charge in [-0.25, -0.2) is 10.3 Å². The summed E-state index contributed by atoms with van der Waals surface area (Å²) in [5, 5.41) is 0. The lowest BCUT2D eigenvalue weighted by molar-refractivity contribution is -0.151. The molecule has 0 unspecified atom stereocenters. The zero-order valence-corrected chi connectivity index (χ0v) is 9.10. The first-order valence-corrected chi connectivity index (χ1v) is 4.80. The van der Waals surface area contributed by atoms with Crippen LogP contribution in [0.5, 0.6) is 0 Å². The Labute approximate surface area is 96.9 Å². The van der Waals surface area contributed by atoms with Crippen molar-refractivity contribution in [1.82, 2.24) is 4.98 Å². The third-order valence-electron chi connectivity index (χ3n) is 1.89. The van der Waals surface area contributed by atoms with E-state index in [4.69, 9.17) is 5.73 Å². The quantitative estimate of drug-likeness (QED) is 0.552. The highest BCUT2D eigenvalue weighted by Gasteiger charge is 2.15. The molecule has 0 fully saturated rings. The summed E-state index contributed by atoms with van der Waals surface area (Å²) >= 11 is 0. The van der Waals surface area contributed by atoms with Crippen molar-refractivity contribution < 1.29 is 19.2 Å². The number of nitrogens with one attached hydrogen (secondary N) is 1. The Hall–Kier alpha value is -2.44. The fourth-order valence-corrected chi connectivity index (χ4v) is 0.993. The molecule has 0 atom stereocenters. The second-order valence-electron chi connectivity index (χ2n) is 3.05. The molecule has 3 N–H and O–H groups in total. The van der Waals surface area contributed by atoms with E-state index in [1.54, 1.807) is 0 Å². The molecule has 0 radical (unpaired) electrons. The Bertz CT molecular complexity index is 459. The number of hydrogen-bond acceptors (Lipinski definition) is 6. The lowest BCUT2D eigenvalue weighted by Crippen LogP contribution is -2.21. The first-order valence-electron chi connectivity index (χ1n) is 4.80. The van der Waals surface area contributed by atoms with Gasteiger partial charge in [0, 0.05) is 12.6 Å². The Kier molecular flexibility index (Phi) is 4.15. The second kappa shape index (κ2) is 5.59. The first kappa shape index (κ1) is 12.6. The van der Waals surface area contributed by atoms with Crippen LogP contribution in [0.4, 0.5) is 5.69 Å². The molecule has 0 aliphatic heterocycles. The number of rotatable bonds is 5. The molecule has 0 saturated carbocycles. The second-order valence-corrected chi connectivity index (χ2v) is 3.05. The molecule has 0 bridgehead atoms. The van der Waals surface area contributed by atoms with Crippen molar-refractivity contribution in [2.75, 3.05) is 5.48 Å². The molecule has 7 nitrogen and oxygen atoms in total. The van der Waals surface area contributed by atoms with Gasteiger partial charge in [0.1, 0.15) is 5.69 Å². The maximum atomic E-state index is 11.1. The van der Waals surface area contributed by atoms with Crippen LogP contribution in [0, 0.1) is 0 Å². The first-order chi connectivity index (χ1) is 8.06. The summed E-state index contributed by atoms with van der Waals surface area (Å²) in [6.07, 6.45) is 2.66. The van der Waals surface area contributed by atoms with E-state index in [0.717, 1.165) is 0 Å². The Morgan fingerprint density at radius 3 is 2.76 bits per heavy atom. The number of hydrogen-bond donors (Lipinski definition) is 2. The van der Waals surface area contributed by atoms with E-state index >= 15 is 0 Å². The summed E-state index contributed by atoms with van der Waals surface area (Å²) in [6, 6.07) is 1.36. The number of carbonyl (C=O) groups is 3. The third kappa shape index (κ3) is 3.26. The van der Waals surface area contributed by atoms with E-state index < -0.39 is 17.7 Å². The number of nitrogens with two attached hydrogens (primary N) is 1. The number of Topliss-reactive ketones (excluding diaryl/α,β-unsaturated/α-hetero) is 1. The van der Waals surface area contributed by atoms with Crippen molar-refractivity contribution in [1.29, 1.82) is 0 Å². The summed E-state index contributed by atoms with van der Waals surface area (Å²) in [7, 11) is 0. The maximum absolute atomic E-state index is 11.1. The average molecular weight is 237 g/mol. The van der Waals surface area contributed by atoms with Gasteiger partial charge in [0.05, 0.1) is 11.8 Å². The van der Waals surface area contributed by atoms with Gasteiger partial charge < -0.3 is 10.6 Å². The number of ketones is 1. The molecule has 0 aromatic carbocycles. The lowest BCUT2D eigenvalue weighted by atomic mass is 10.2. The molecule has 0 aliphatic rings.